The van der Waals surface area contributed by atoms with E-state index in [-0.39, 0.29) is 30.6 Å². The van der Waals surface area contributed by atoms with E-state index in [1.807, 2.05) is 16.7 Å². The number of hydrogen-bond acceptors (Lipinski definition) is 4. The molecule has 144 valence electrons. The van der Waals surface area contributed by atoms with Crippen LogP contribution in [-0.4, -0.2) is 62.8 Å². The Hall–Kier alpha value is -0.950. The molecule has 1 aliphatic carbocycles. The van der Waals surface area contributed by atoms with Gasteiger partial charge in [0, 0.05) is 18.2 Å². The standard InChI is InChI=1S/C18H32N2O4S/c1-2-3-4-6-13(21)8-9-20-16-12-14(11-15(16)19-18(20)24)25-10-5-7-17(22)23/h13-16,21H,2-12H2,1H3,(H,19,24)(H,22,23)/t13?,14-,15?,16?/m1/s1. The molecule has 2 rings (SSSR count). The molecular formula is C18H32N2O4S. The first kappa shape index (κ1) is 20.4. The Kier molecular flexibility index (Phi) is 8.36. The fourth-order valence-corrected chi connectivity index (χ4v) is 5.12. The number of thioether (sulfide) groups is 1. The second kappa shape index (κ2) is 10.3. The first-order valence-corrected chi connectivity index (χ1v) is 10.6. The molecule has 6 nitrogen and oxygen atoms in total. The van der Waals surface area contributed by atoms with Crippen LogP contribution in [0, 0.1) is 0 Å². The van der Waals surface area contributed by atoms with Gasteiger partial charge in [0.25, 0.3) is 0 Å². The van der Waals surface area contributed by atoms with Gasteiger partial charge in [0.05, 0.1) is 18.2 Å². The Morgan fingerprint density at radius 3 is 2.84 bits per heavy atom. The molecule has 2 fully saturated rings. The smallest absolute Gasteiger partial charge is 0.318 e. The summed E-state index contributed by atoms with van der Waals surface area (Å²) < 4.78 is 0. The number of carboxylic acids is 1. The normalized spacial score (nSPS) is 26.6. The Bertz CT molecular complexity index is 449. The zero-order valence-electron chi connectivity index (χ0n) is 15.2. The summed E-state index contributed by atoms with van der Waals surface area (Å²) in [5, 5.41) is 22.3. The number of nitrogens with zero attached hydrogens (tertiary/aromatic N) is 1. The summed E-state index contributed by atoms with van der Waals surface area (Å²) >= 11 is 1.83. The van der Waals surface area contributed by atoms with Crippen molar-refractivity contribution in [2.75, 3.05) is 12.3 Å². The maximum absolute atomic E-state index is 12.2. The molecule has 2 amide bonds. The molecule has 0 aromatic carbocycles. The SMILES string of the molecule is CCCCCC(O)CCN1C(=O)NC2C[C@@H](SCCCC(=O)O)CC21. The molecule has 25 heavy (non-hydrogen) atoms. The van der Waals surface area contributed by atoms with Crippen LogP contribution in [0.3, 0.4) is 0 Å². The minimum absolute atomic E-state index is 0.00471. The van der Waals surface area contributed by atoms with Gasteiger partial charge in [-0.25, -0.2) is 4.79 Å². The lowest BCUT2D eigenvalue weighted by atomic mass is 10.1. The maximum atomic E-state index is 12.2. The van der Waals surface area contributed by atoms with Crippen molar-refractivity contribution in [1.29, 1.82) is 0 Å². The predicted octanol–water partition coefficient (Wildman–Crippen LogP) is 2.84. The summed E-state index contributed by atoms with van der Waals surface area (Å²) in [6, 6.07) is 0.444. The number of carboxylic acid groups (broad SMARTS) is 1. The number of rotatable bonds is 12. The lowest BCUT2D eigenvalue weighted by Gasteiger charge is -2.24. The Morgan fingerprint density at radius 2 is 2.12 bits per heavy atom. The van der Waals surface area contributed by atoms with E-state index in [4.69, 9.17) is 5.11 Å². The zero-order chi connectivity index (χ0) is 18.2. The summed E-state index contributed by atoms with van der Waals surface area (Å²) in [7, 11) is 0. The van der Waals surface area contributed by atoms with E-state index < -0.39 is 5.97 Å². The molecule has 1 saturated heterocycles. The number of fused-ring (bicyclic) bond motifs is 1. The van der Waals surface area contributed by atoms with Gasteiger partial charge in [-0.1, -0.05) is 26.2 Å². The van der Waals surface area contributed by atoms with Crippen LogP contribution in [0.5, 0.6) is 0 Å². The van der Waals surface area contributed by atoms with E-state index in [1.165, 1.54) is 0 Å². The van der Waals surface area contributed by atoms with Gasteiger partial charge in [-0.2, -0.15) is 11.8 Å². The Labute approximate surface area is 154 Å². The number of unbranched alkanes of at least 4 members (excludes halogenated alkanes) is 2. The highest BCUT2D eigenvalue weighted by atomic mass is 32.2. The van der Waals surface area contributed by atoms with Crippen molar-refractivity contribution in [3.8, 4) is 0 Å². The van der Waals surface area contributed by atoms with Crippen molar-refractivity contribution in [2.45, 2.75) is 88.1 Å². The third kappa shape index (κ3) is 6.37. The van der Waals surface area contributed by atoms with Gasteiger partial charge in [-0.3, -0.25) is 4.79 Å². The number of aliphatic hydroxyl groups is 1. The highest BCUT2D eigenvalue weighted by molar-refractivity contribution is 7.99. The molecule has 4 atom stereocenters. The molecule has 1 saturated carbocycles. The van der Waals surface area contributed by atoms with Gasteiger partial charge < -0.3 is 20.4 Å². The average Bonchev–Trinajstić information content (AvgIpc) is 3.06. The maximum Gasteiger partial charge on any atom is 0.318 e. The Balaban J connectivity index is 1.70. The van der Waals surface area contributed by atoms with Gasteiger partial charge in [0.15, 0.2) is 0 Å². The van der Waals surface area contributed by atoms with Crippen LogP contribution in [0.15, 0.2) is 0 Å². The van der Waals surface area contributed by atoms with Gasteiger partial charge in [-0.15, -0.1) is 0 Å². The molecule has 2 aliphatic rings. The molecular weight excluding hydrogens is 340 g/mol. The average molecular weight is 373 g/mol. The topological polar surface area (TPSA) is 89.9 Å². The van der Waals surface area contributed by atoms with Crippen molar-refractivity contribution in [3.05, 3.63) is 0 Å². The van der Waals surface area contributed by atoms with Crippen LogP contribution in [-0.2, 0) is 4.79 Å². The summed E-state index contributed by atoms with van der Waals surface area (Å²) in [6.07, 6.45) is 7.35. The Morgan fingerprint density at radius 1 is 1.32 bits per heavy atom. The van der Waals surface area contributed by atoms with E-state index in [9.17, 15) is 14.7 Å². The minimum atomic E-state index is -0.736. The van der Waals surface area contributed by atoms with Gasteiger partial charge in [0.2, 0.25) is 0 Å². The second-order valence-corrected chi connectivity index (χ2v) is 8.62. The number of urea groups is 1. The molecule has 0 aromatic heterocycles. The highest BCUT2D eigenvalue weighted by Crippen LogP contribution is 2.36. The number of aliphatic carboxylic acids is 1. The third-order valence-corrected chi connectivity index (χ3v) is 6.57. The summed E-state index contributed by atoms with van der Waals surface area (Å²) in [5.41, 5.74) is 0. The van der Waals surface area contributed by atoms with Gasteiger partial charge >= 0.3 is 12.0 Å². The fraction of sp³-hybridized carbons (Fsp3) is 0.889. The molecule has 0 bridgehead atoms. The van der Waals surface area contributed by atoms with E-state index in [2.05, 4.69) is 12.2 Å². The zero-order valence-corrected chi connectivity index (χ0v) is 16.0. The van der Waals surface area contributed by atoms with Crippen LogP contribution < -0.4 is 5.32 Å². The lowest BCUT2D eigenvalue weighted by molar-refractivity contribution is -0.137. The van der Waals surface area contributed by atoms with Crippen molar-refractivity contribution >= 4 is 23.8 Å². The van der Waals surface area contributed by atoms with Crippen LogP contribution in [0.25, 0.3) is 0 Å². The number of nitrogens with one attached hydrogen (secondary N) is 1. The van der Waals surface area contributed by atoms with Crippen molar-refractivity contribution in [2.24, 2.45) is 0 Å². The van der Waals surface area contributed by atoms with Gasteiger partial charge in [-0.05, 0) is 37.9 Å². The van der Waals surface area contributed by atoms with E-state index >= 15 is 0 Å². The molecule has 0 aromatic rings. The quantitative estimate of drug-likeness (QED) is 0.458. The fourth-order valence-electron chi connectivity index (χ4n) is 3.80. The summed E-state index contributed by atoms with van der Waals surface area (Å²) in [6.45, 7) is 2.77. The van der Waals surface area contributed by atoms with Crippen LogP contribution in [0.1, 0.15) is 64.7 Å². The highest BCUT2D eigenvalue weighted by Gasteiger charge is 2.45. The molecule has 0 spiro atoms. The van der Waals surface area contributed by atoms with Crippen LogP contribution in [0.4, 0.5) is 4.79 Å². The van der Waals surface area contributed by atoms with Crippen molar-refractivity contribution < 1.29 is 19.8 Å². The molecule has 1 heterocycles. The molecule has 7 heteroatoms. The first-order chi connectivity index (χ1) is 12.0. The minimum Gasteiger partial charge on any atom is -0.481 e. The van der Waals surface area contributed by atoms with E-state index in [0.29, 0.717) is 24.6 Å². The molecule has 1 aliphatic heterocycles. The summed E-state index contributed by atoms with van der Waals surface area (Å²) in [4.78, 5) is 24.6. The molecule has 3 N–H and O–H groups in total. The number of amides is 2. The largest absolute Gasteiger partial charge is 0.481 e. The van der Waals surface area contributed by atoms with Gasteiger partial charge in [0.1, 0.15) is 0 Å². The van der Waals surface area contributed by atoms with Crippen molar-refractivity contribution in [1.82, 2.24) is 10.2 Å². The number of hydrogen-bond donors (Lipinski definition) is 3. The number of aliphatic hydroxyl groups excluding tert-OH is 1. The lowest BCUT2D eigenvalue weighted by Crippen LogP contribution is -2.36. The third-order valence-electron chi connectivity index (χ3n) is 5.19. The molecule has 0 radical (unpaired) electrons. The van der Waals surface area contributed by atoms with E-state index in [0.717, 1.165) is 44.3 Å². The summed E-state index contributed by atoms with van der Waals surface area (Å²) in [5.74, 6) is 0.125. The number of carbonyl (C=O) groups is 2. The first-order valence-electron chi connectivity index (χ1n) is 9.59. The predicted molar refractivity (Wildman–Crippen MR) is 99.9 cm³/mol. The second-order valence-electron chi connectivity index (χ2n) is 7.22. The monoisotopic (exact) mass is 372 g/mol. The number of carbonyl (C=O) groups excluding carboxylic acids is 1. The van der Waals surface area contributed by atoms with E-state index in [1.54, 1.807) is 0 Å². The van der Waals surface area contributed by atoms with Crippen LogP contribution >= 0.6 is 11.8 Å². The van der Waals surface area contributed by atoms with Crippen LogP contribution in [0.2, 0.25) is 0 Å². The van der Waals surface area contributed by atoms with Crippen molar-refractivity contribution in [3.63, 3.8) is 0 Å². The molecule has 3 unspecified atom stereocenters.